The van der Waals surface area contributed by atoms with Crippen molar-refractivity contribution >= 4 is 21.7 Å². The molecule has 0 radical (unpaired) electrons. The molecule has 0 heterocycles. The van der Waals surface area contributed by atoms with E-state index in [1.165, 1.54) is 5.57 Å². The Morgan fingerprint density at radius 2 is 1.60 bits per heavy atom. The Labute approximate surface area is 267 Å². The van der Waals surface area contributed by atoms with Crippen molar-refractivity contribution in [1.82, 2.24) is 0 Å². The van der Waals surface area contributed by atoms with Crippen LogP contribution < -0.4 is 4.74 Å². The van der Waals surface area contributed by atoms with Crippen LogP contribution in [0.5, 0.6) is 5.75 Å². The van der Waals surface area contributed by atoms with Crippen LogP contribution in [-0.4, -0.2) is 43.9 Å². The smallest absolute Gasteiger partial charge is 0.296 e. The number of benzene rings is 2. The second kappa shape index (κ2) is 12.8. The lowest BCUT2D eigenvalue weighted by Gasteiger charge is -2.53. The van der Waals surface area contributed by atoms with Gasteiger partial charge in [0.25, 0.3) is 10.1 Å². The molecule has 6 rings (SSSR count). The summed E-state index contributed by atoms with van der Waals surface area (Å²) < 4.78 is 35.9. The summed E-state index contributed by atoms with van der Waals surface area (Å²) in [4.78, 5) is 25.7. The van der Waals surface area contributed by atoms with E-state index in [2.05, 4.69) is 19.1 Å². The van der Waals surface area contributed by atoms with Crippen molar-refractivity contribution in [2.24, 2.45) is 17.3 Å². The Hall–Kier alpha value is -2.81. The van der Waals surface area contributed by atoms with E-state index < -0.39 is 15.7 Å². The van der Waals surface area contributed by atoms with Gasteiger partial charge in [-0.3, -0.25) is 13.8 Å². The van der Waals surface area contributed by atoms with E-state index in [0.717, 1.165) is 61.0 Å². The molecule has 0 aliphatic heterocycles. The van der Waals surface area contributed by atoms with Crippen molar-refractivity contribution in [2.75, 3.05) is 13.2 Å². The number of hydrogen-bond acceptors (Lipinski definition) is 7. The Morgan fingerprint density at radius 3 is 2.33 bits per heavy atom. The van der Waals surface area contributed by atoms with Crippen LogP contribution in [-0.2, 0) is 23.9 Å². The molecule has 0 unspecified atom stereocenters. The molecule has 0 bridgehead atoms. The number of hydrogen-bond donors (Lipinski definition) is 1. The van der Waals surface area contributed by atoms with Gasteiger partial charge in [0.2, 0.25) is 0 Å². The molecule has 242 valence electrons. The highest BCUT2D eigenvalue weighted by atomic mass is 32.2. The summed E-state index contributed by atoms with van der Waals surface area (Å²) in [6, 6.07) is 14.9. The summed E-state index contributed by atoms with van der Waals surface area (Å²) in [6.45, 7) is 4.81. The zero-order valence-corrected chi connectivity index (χ0v) is 27.4. The van der Waals surface area contributed by atoms with Crippen molar-refractivity contribution in [1.29, 1.82) is 0 Å². The third-order valence-electron chi connectivity index (χ3n) is 11.1. The molecule has 7 nitrogen and oxygen atoms in total. The first-order chi connectivity index (χ1) is 21.5. The SMILES string of the molecule is Cc1ccc(S(=O)(=O)OCCCCCCOc2ccc([C@H]3C[C@]4(C)C(=O)CC[C@H]4[C@@H]4CC[C@@]5(O)CC(=O)CCC5=C43)cc2)cc1. The number of rotatable bonds is 11. The molecule has 2 aromatic carbocycles. The quantitative estimate of drug-likeness (QED) is 0.161. The van der Waals surface area contributed by atoms with E-state index in [0.29, 0.717) is 50.4 Å². The molecular weight excluding hydrogens is 588 g/mol. The molecule has 0 saturated heterocycles. The lowest BCUT2D eigenvalue weighted by molar-refractivity contribution is -0.129. The van der Waals surface area contributed by atoms with E-state index in [1.807, 2.05) is 19.1 Å². The van der Waals surface area contributed by atoms with Crippen LogP contribution in [0.3, 0.4) is 0 Å². The summed E-state index contributed by atoms with van der Waals surface area (Å²) in [6.07, 6.45) is 8.38. The van der Waals surface area contributed by atoms with Gasteiger partial charge in [-0.15, -0.1) is 0 Å². The number of fused-ring (bicyclic) bond motifs is 4. The fourth-order valence-electron chi connectivity index (χ4n) is 8.66. The number of ether oxygens (including phenoxy) is 1. The van der Waals surface area contributed by atoms with Gasteiger partial charge in [-0.25, -0.2) is 0 Å². The summed E-state index contributed by atoms with van der Waals surface area (Å²) in [5, 5.41) is 11.6. The second-order valence-corrected chi connectivity index (χ2v) is 15.6. The minimum absolute atomic E-state index is 0.0550. The van der Waals surface area contributed by atoms with Gasteiger partial charge in [0.05, 0.1) is 23.7 Å². The van der Waals surface area contributed by atoms with Gasteiger partial charge < -0.3 is 9.84 Å². The van der Waals surface area contributed by atoms with Crippen LogP contribution in [0.1, 0.15) is 101 Å². The van der Waals surface area contributed by atoms with E-state index in [9.17, 15) is 23.1 Å². The van der Waals surface area contributed by atoms with E-state index in [1.54, 1.807) is 24.3 Å². The number of unbranched alkanes of at least 4 members (excludes halogenated alkanes) is 3. The van der Waals surface area contributed by atoms with Gasteiger partial charge in [0.15, 0.2) is 0 Å². The molecule has 1 N–H and O–H groups in total. The Balaban J connectivity index is 1.04. The van der Waals surface area contributed by atoms with Crippen LogP contribution in [0, 0.1) is 24.2 Å². The van der Waals surface area contributed by atoms with Crippen LogP contribution in [0.25, 0.3) is 0 Å². The normalized spacial score (nSPS) is 29.7. The van der Waals surface area contributed by atoms with Gasteiger partial charge >= 0.3 is 0 Å². The maximum Gasteiger partial charge on any atom is 0.296 e. The van der Waals surface area contributed by atoms with Gasteiger partial charge in [0, 0.05) is 30.6 Å². The minimum atomic E-state index is -3.72. The molecule has 45 heavy (non-hydrogen) atoms. The molecular formula is C37H46O7S. The lowest BCUT2D eigenvalue weighted by atomic mass is 9.51. The summed E-state index contributed by atoms with van der Waals surface area (Å²) in [5.74, 6) is 1.97. The first kappa shape index (κ1) is 32.1. The molecule has 0 spiro atoms. The maximum atomic E-state index is 13.2. The van der Waals surface area contributed by atoms with Crippen LogP contribution in [0.2, 0.25) is 0 Å². The number of Topliss-reactive ketones (excluding diaryl/α,β-unsaturated/α-hetero) is 2. The van der Waals surface area contributed by atoms with Gasteiger partial charge in [-0.2, -0.15) is 8.42 Å². The van der Waals surface area contributed by atoms with Crippen molar-refractivity contribution in [3.05, 3.63) is 70.8 Å². The molecule has 4 aliphatic carbocycles. The second-order valence-electron chi connectivity index (χ2n) is 14.0. The largest absolute Gasteiger partial charge is 0.494 e. The number of allylic oxidation sites excluding steroid dienone is 1. The molecule has 4 aliphatic rings. The molecule has 3 saturated carbocycles. The minimum Gasteiger partial charge on any atom is -0.494 e. The number of aryl methyl sites for hydroxylation is 1. The van der Waals surface area contributed by atoms with E-state index >= 15 is 0 Å². The zero-order valence-electron chi connectivity index (χ0n) is 26.6. The Kier molecular flexibility index (Phi) is 9.12. The number of ketones is 2. The van der Waals surface area contributed by atoms with Gasteiger partial charge in [0.1, 0.15) is 17.3 Å². The molecule has 5 atom stereocenters. The molecule has 0 amide bonds. The van der Waals surface area contributed by atoms with Crippen molar-refractivity contribution < 1.29 is 32.0 Å². The van der Waals surface area contributed by atoms with Crippen LogP contribution >= 0.6 is 0 Å². The van der Waals surface area contributed by atoms with Crippen LogP contribution in [0.15, 0.2) is 64.6 Å². The third kappa shape index (κ3) is 6.43. The van der Waals surface area contributed by atoms with Crippen molar-refractivity contribution in [3.63, 3.8) is 0 Å². The first-order valence-electron chi connectivity index (χ1n) is 16.7. The standard InChI is InChI=1S/C37H46O7S/c1-25-7-14-29(15-8-25)45(41,42)44-22-6-4-3-5-21-43-28-12-9-26(10-13-28)31-24-36(2)32(17-18-34(36)39)30-19-20-37(40)23-27(38)11-16-33(37)35(30)31/h7-10,12-15,30-32,40H,3-6,11,16-24H2,1-2H3/t30-,31+,32-,36-,37+/m0/s1. The average molecular weight is 635 g/mol. The lowest BCUT2D eigenvalue weighted by Crippen LogP contribution is -2.49. The van der Waals surface area contributed by atoms with Crippen molar-refractivity contribution in [3.8, 4) is 5.75 Å². The summed E-state index contributed by atoms with van der Waals surface area (Å²) in [7, 11) is -3.72. The highest BCUT2D eigenvalue weighted by Gasteiger charge is 2.58. The fourth-order valence-corrected chi connectivity index (χ4v) is 9.60. The fraction of sp³-hybridized carbons (Fsp3) is 0.568. The zero-order chi connectivity index (χ0) is 31.8. The van der Waals surface area contributed by atoms with Gasteiger partial charge in [-0.05, 0) is 106 Å². The Morgan fingerprint density at radius 1 is 0.889 bits per heavy atom. The molecule has 8 heteroatoms. The number of aliphatic hydroxyl groups is 1. The number of carbonyl (C=O) groups is 2. The topological polar surface area (TPSA) is 107 Å². The highest BCUT2D eigenvalue weighted by molar-refractivity contribution is 7.86. The molecule has 3 fully saturated rings. The van der Waals surface area contributed by atoms with Crippen LogP contribution in [0.4, 0.5) is 0 Å². The summed E-state index contributed by atoms with van der Waals surface area (Å²) >= 11 is 0. The predicted molar refractivity (Wildman–Crippen MR) is 171 cm³/mol. The average Bonchev–Trinajstić information content (AvgIpc) is 3.31. The maximum absolute atomic E-state index is 13.2. The van der Waals surface area contributed by atoms with Gasteiger partial charge in [-0.1, -0.05) is 48.7 Å². The predicted octanol–water partition coefficient (Wildman–Crippen LogP) is 7.00. The highest BCUT2D eigenvalue weighted by Crippen LogP contribution is 2.63. The van der Waals surface area contributed by atoms with E-state index in [-0.39, 0.29) is 41.0 Å². The monoisotopic (exact) mass is 634 g/mol. The molecule has 0 aromatic heterocycles. The molecule has 2 aromatic rings. The van der Waals surface area contributed by atoms with Crippen molar-refractivity contribution in [2.45, 2.75) is 107 Å². The summed E-state index contributed by atoms with van der Waals surface area (Å²) in [5.41, 5.74) is 3.18. The third-order valence-corrected chi connectivity index (χ3v) is 12.4. The number of carbonyl (C=O) groups excluding carboxylic acids is 2. The Bertz CT molecular complexity index is 1560. The first-order valence-corrected chi connectivity index (χ1v) is 18.1. The van der Waals surface area contributed by atoms with E-state index in [4.69, 9.17) is 8.92 Å².